The van der Waals surface area contributed by atoms with Crippen molar-refractivity contribution < 1.29 is 9.53 Å². The Morgan fingerprint density at radius 1 is 1.59 bits per heavy atom. The highest BCUT2D eigenvalue weighted by molar-refractivity contribution is 6.30. The molecule has 3 nitrogen and oxygen atoms in total. The van der Waals surface area contributed by atoms with Crippen molar-refractivity contribution in [2.75, 3.05) is 6.61 Å². The molecule has 88 valence electrons. The minimum atomic E-state index is -0.982. The zero-order valence-electron chi connectivity index (χ0n) is 9.44. The largest absolute Gasteiger partial charge is 0.465 e. The number of nitriles is 1. The van der Waals surface area contributed by atoms with Crippen LogP contribution in [0.3, 0.4) is 0 Å². The summed E-state index contributed by atoms with van der Waals surface area (Å²) in [4.78, 5) is 11.7. The number of hydrogen-bond donors (Lipinski definition) is 0. The molecule has 1 fully saturated rings. The van der Waals surface area contributed by atoms with E-state index in [1.54, 1.807) is 19.1 Å². The van der Waals surface area contributed by atoms with E-state index in [0.29, 0.717) is 18.1 Å². The fraction of sp³-hybridized carbons (Fsp3) is 0.385. The third-order valence-electron chi connectivity index (χ3n) is 3.07. The standard InChI is InChI=1S/C13H12ClNO2/c1-2-17-12(16)13(8-15)7-11(13)9-3-5-10(14)6-4-9/h3-6,11H,2,7H2,1H3/t11-,13-/m0/s1. The van der Waals surface area contributed by atoms with Crippen molar-refractivity contribution in [1.29, 1.82) is 5.26 Å². The summed E-state index contributed by atoms with van der Waals surface area (Å²) in [5, 5.41) is 9.81. The van der Waals surface area contributed by atoms with Gasteiger partial charge in [0.15, 0.2) is 5.41 Å². The summed E-state index contributed by atoms with van der Waals surface area (Å²) in [6, 6.07) is 9.33. The Labute approximate surface area is 105 Å². The highest BCUT2D eigenvalue weighted by Gasteiger charge is 2.62. The van der Waals surface area contributed by atoms with Gasteiger partial charge < -0.3 is 4.74 Å². The van der Waals surface area contributed by atoms with E-state index < -0.39 is 11.4 Å². The maximum absolute atomic E-state index is 11.7. The first-order chi connectivity index (χ1) is 8.14. The van der Waals surface area contributed by atoms with E-state index >= 15 is 0 Å². The molecule has 0 spiro atoms. The molecule has 0 aliphatic heterocycles. The normalized spacial score (nSPS) is 26.1. The molecule has 0 radical (unpaired) electrons. The van der Waals surface area contributed by atoms with Crippen LogP contribution < -0.4 is 0 Å². The lowest BCUT2D eigenvalue weighted by Crippen LogP contribution is -2.19. The van der Waals surface area contributed by atoms with Crippen molar-refractivity contribution in [1.82, 2.24) is 0 Å². The molecule has 1 saturated carbocycles. The fourth-order valence-electron chi connectivity index (χ4n) is 2.02. The smallest absolute Gasteiger partial charge is 0.327 e. The van der Waals surface area contributed by atoms with Crippen molar-refractivity contribution in [3.8, 4) is 6.07 Å². The first-order valence-corrected chi connectivity index (χ1v) is 5.86. The van der Waals surface area contributed by atoms with Crippen LogP contribution in [0.25, 0.3) is 0 Å². The average Bonchev–Trinajstić information content (AvgIpc) is 3.06. The topological polar surface area (TPSA) is 50.1 Å². The highest BCUT2D eigenvalue weighted by atomic mass is 35.5. The minimum absolute atomic E-state index is 0.0659. The molecule has 0 unspecified atom stereocenters. The maximum Gasteiger partial charge on any atom is 0.327 e. The van der Waals surface area contributed by atoms with Crippen molar-refractivity contribution in [2.45, 2.75) is 19.3 Å². The molecule has 1 aliphatic carbocycles. The number of halogens is 1. The molecular weight excluding hydrogens is 238 g/mol. The third kappa shape index (κ3) is 2.01. The Hall–Kier alpha value is -1.53. The lowest BCUT2D eigenvalue weighted by Gasteiger charge is -2.07. The molecule has 0 heterocycles. The van der Waals surface area contributed by atoms with Crippen LogP contribution in [0.15, 0.2) is 24.3 Å². The first-order valence-electron chi connectivity index (χ1n) is 5.48. The van der Waals surface area contributed by atoms with Crippen LogP contribution in [0.2, 0.25) is 5.02 Å². The molecule has 17 heavy (non-hydrogen) atoms. The van der Waals surface area contributed by atoms with Crippen molar-refractivity contribution in [3.63, 3.8) is 0 Å². The number of hydrogen-bond acceptors (Lipinski definition) is 3. The molecule has 2 rings (SSSR count). The van der Waals surface area contributed by atoms with E-state index in [4.69, 9.17) is 21.6 Å². The summed E-state index contributed by atoms with van der Waals surface area (Å²) >= 11 is 5.80. The predicted octanol–water partition coefficient (Wildman–Crippen LogP) is 2.90. The van der Waals surface area contributed by atoms with Crippen LogP contribution >= 0.6 is 11.6 Å². The SMILES string of the molecule is CCOC(=O)[C@]1(C#N)C[C@H]1c1ccc(Cl)cc1. The van der Waals surface area contributed by atoms with E-state index in [9.17, 15) is 4.79 Å². The summed E-state index contributed by atoms with van der Waals surface area (Å²) in [7, 11) is 0. The van der Waals surface area contributed by atoms with Gasteiger partial charge >= 0.3 is 5.97 Å². The number of rotatable bonds is 3. The summed E-state index contributed by atoms with van der Waals surface area (Å²) in [5.41, 5.74) is -0.0203. The van der Waals surface area contributed by atoms with Gasteiger partial charge in [0.1, 0.15) is 0 Å². The highest BCUT2D eigenvalue weighted by Crippen LogP contribution is 2.59. The van der Waals surface area contributed by atoms with Gasteiger partial charge in [-0.1, -0.05) is 23.7 Å². The number of benzene rings is 1. The molecule has 2 atom stereocenters. The van der Waals surface area contributed by atoms with Gasteiger partial charge in [-0.2, -0.15) is 5.26 Å². The van der Waals surface area contributed by atoms with Crippen molar-refractivity contribution >= 4 is 17.6 Å². The monoisotopic (exact) mass is 249 g/mol. The Balaban J connectivity index is 2.19. The van der Waals surface area contributed by atoms with Crippen LogP contribution in [-0.4, -0.2) is 12.6 Å². The van der Waals surface area contributed by atoms with Gasteiger partial charge in [0.25, 0.3) is 0 Å². The Bertz CT molecular complexity index is 477. The number of ether oxygens (including phenoxy) is 1. The van der Waals surface area contributed by atoms with Gasteiger partial charge in [0.2, 0.25) is 0 Å². The molecule has 4 heteroatoms. The molecule has 0 aromatic heterocycles. The van der Waals surface area contributed by atoms with Gasteiger partial charge in [-0.3, -0.25) is 4.79 Å². The molecule has 0 amide bonds. The molecule has 0 bridgehead atoms. The van der Waals surface area contributed by atoms with Crippen LogP contribution in [0.4, 0.5) is 0 Å². The lowest BCUT2D eigenvalue weighted by atomic mass is 10.0. The van der Waals surface area contributed by atoms with E-state index in [2.05, 4.69) is 6.07 Å². The van der Waals surface area contributed by atoms with E-state index in [1.807, 2.05) is 12.1 Å². The average molecular weight is 250 g/mol. The summed E-state index contributed by atoms with van der Waals surface area (Å²) in [5.74, 6) is -0.480. The van der Waals surface area contributed by atoms with Crippen molar-refractivity contribution in [3.05, 3.63) is 34.9 Å². The van der Waals surface area contributed by atoms with E-state index in [0.717, 1.165) is 5.56 Å². The number of carbonyl (C=O) groups excluding carboxylic acids is 1. The lowest BCUT2D eigenvalue weighted by molar-refractivity contribution is -0.147. The Morgan fingerprint density at radius 3 is 2.76 bits per heavy atom. The van der Waals surface area contributed by atoms with Gasteiger partial charge in [-0.25, -0.2) is 0 Å². The summed E-state index contributed by atoms with van der Waals surface area (Å²) in [6.45, 7) is 2.04. The number of carbonyl (C=O) groups is 1. The summed E-state index contributed by atoms with van der Waals surface area (Å²) in [6.07, 6.45) is 0.532. The number of nitrogens with zero attached hydrogens (tertiary/aromatic N) is 1. The number of esters is 1. The van der Waals surface area contributed by atoms with Gasteiger partial charge in [-0.05, 0) is 31.0 Å². The zero-order valence-corrected chi connectivity index (χ0v) is 10.2. The van der Waals surface area contributed by atoms with E-state index in [1.165, 1.54) is 0 Å². The maximum atomic E-state index is 11.7. The Kier molecular flexibility index (Phi) is 3.08. The zero-order chi connectivity index (χ0) is 12.5. The van der Waals surface area contributed by atoms with Gasteiger partial charge in [-0.15, -0.1) is 0 Å². The first kappa shape index (κ1) is 11.9. The second-order valence-corrected chi connectivity index (χ2v) is 4.55. The molecular formula is C13H12ClNO2. The summed E-state index contributed by atoms with van der Waals surface area (Å²) < 4.78 is 4.95. The minimum Gasteiger partial charge on any atom is -0.465 e. The molecule has 1 aromatic carbocycles. The fourth-order valence-corrected chi connectivity index (χ4v) is 2.14. The van der Waals surface area contributed by atoms with Gasteiger partial charge in [0.05, 0.1) is 12.7 Å². The van der Waals surface area contributed by atoms with Crippen LogP contribution in [-0.2, 0) is 9.53 Å². The van der Waals surface area contributed by atoms with Crippen LogP contribution in [0, 0.1) is 16.7 Å². The van der Waals surface area contributed by atoms with Crippen molar-refractivity contribution in [2.24, 2.45) is 5.41 Å². The predicted molar refractivity (Wildman–Crippen MR) is 63.5 cm³/mol. The molecule has 0 saturated heterocycles. The van der Waals surface area contributed by atoms with Gasteiger partial charge in [0, 0.05) is 10.9 Å². The molecule has 1 aliphatic rings. The second-order valence-electron chi connectivity index (χ2n) is 4.11. The van der Waals surface area contributed by atoms with Crippen LogP contribution in [0.5, 0.6) is 0 Å². The Morgan fingerprint density at radius 2 is 2.24 bits per heavy atom. The molecule has 1 aromatic rings. The van der Waals surface area contributed by atoms with E-state index in [-0.39, 0.29) is 5.92 Å². The third-order valence-corrected chi connectivity index (χ3v) is 3.32. The quantitative estimate of drug-likeness (QED) is 0.774. The molecule has 0 N–H and O–H groups in total. The second kappa shape index (κ2) is 4.38. The van der Waals surface area contributed by atoms with Crippen LogP contribution in [0.1, 0.15) is 24.8 Å².